The van der Waals surface area contributed by atoms with Crippen molar-refractivity contribution in [1.29, 1.82) is 0 Å². The van der Waals surface area contributed by atoms with Crippen LogP contribution in [0, 0.1) is 0 Å². The highest BCUT2D eigenvalue weighted by atomic mass is 32.1. The Hall–Kier alpha value is -1.92. The molecule has 2 rings (SSSR count). The minimum atomic E-state index is -0.171. The predicted molar refractivity (Wildman–Crippen MR) is 72.4 cm³/mol. The van der Waals surface area contributed by atoms with Crippen LogP contribution in [-0.4, -0.2) is 17.4 Å². The van der Waals surface area contributed by atoms with E-state index in [1.165, 1.54) is 11.1 Å². The summed E-state index contributed by atoms with van der Waals surface area (Å²) in [7, 11) is 0. The monoisotopic (exact) mass is 262 g/mol. The molecule has 0 aliphatic carbocycles. The number of nitrogens with two attached hydrogens (primary N) is 1. The zero-order chi connectivity index (χ0) is 12.8. The maximum atomic E-state index is 11.8. The third-order valence-electron chi connectivity index (χ3n) is 2.40. The smallest absolute Gasteiger partial charge is 0.269 e. The Labute approximate surface area is 109 Å². The van der Waals surface area contributed by atoms with Crippen LogP contribution >= 0.6 is 11.3 Å². The van der Waals surface area contributed by atoms with Gasteiger partial charge in [0, 0.05) is 11.4 Å². The Balaban J connectivity index is 1.83. The molecule has 18 heavy (non-hydrogen) atoms. The number of nitrogen functional groups attached to an aromatic ring is 1. The van der Waals surface area contributed by atoms with Gasteiger partial charge in [0.15, 0.2) is 0 Å². The first-order valence-electron chi connectivity index (χ1n) is 5.53. The summed E-state index contributed by atoms with van der Waals surface area (Å²) in [6, 6.07) is 7.40. The Morgan fingerprint density at radius 3 is 2.89 bits per heavy atom. The molecular formula is C12H14N4OS. The molecule has 1 amide bonds. The van der Waals surface area contributed by atoms with Crippen LogP contribution in [0.5, 0.6) is 0 Å². The molecule has 4 N–H and O–H groups in total. The SMILES string of the molecule is NNc1ccc(C(=O)NCCc2cccs2)nc1. The molecule has 2 aromatic rings. The van der Waals surface area contributed by atoms with Gasteiger partial charge in [0.25, 0.3) is 5.91 Å². The van der Waals surface area contributed by atoms with Crippen molar-refractivity contribution < 1.29 is 4.79 Å². The van der Waals surface area contributed by atoms with E-state index in [2.05, 4.69) is 21.8 Å². The van der Waals surface area contributed by atoms with Crippen LogP contribution < -0.4 is 16.6 Å². The van der Waals surface area contributed by atoms with Gasteiger partial charge in [-0.05, 0) is 30.0 Å². The molecule has 6 heteroatoms. The molecule has 5 nitrogen and oxygen atoms in total. The van der Waals surface area contributed by atoms with Crippen molar-refractivity contribution in [2.45, 2.75) is 6.42 Å². The first-order chi connectivity index (χ1) is 8.79. The quantitative estimate of drug-likeness (QED) is 0.562. The van der Waals surface area contributed by atoms with Crippen molar-refractivity contribution in [2.24, 2.45) is 5.84 Å². The molecule has 2 heterocycles. The second kappa shape index (κ2) is 6.13. The number of pyridine rings is 1. The van der Waals surface area contributed by atoms with Crippen molar-refractivity contribution in [1.82, 2.24) is 10.3 Å². The van der Waals surface area contributed by atoms with Crippen molar-refractivity contribution >= 4 is 22.9 Å². The zero-order valence-electron chi connectivity index (χ0n) is 9.72. The summed E-state index contributed by atoms with van der Waals surface area (Å²) in [6.45, 7) is 0.609. The summed E-state index contributed by atoms with van der Waals surface area (Å²) >= 11 is 1.69. The topological polar surface area (TPSA) is 80.0 Å². The molecule has 0 atom stereocenters. The molecule has 0 fully saturated rings. The average molecular weight is 262 g/mol. The van der Waals surface area contributed by atoms with Gasteiger partial charge in [-0.2, -0.15) is 0 Å². The van der Waals surface area contributed by atoms with Crippen molar-refractivity contribution in [2.75, 3.05) is 12.0 Å². The van der Waals surface area contributed by atoms with Crippen molar-refractivity contribution in [3.05, 3.63) is 46.4 Å². The van der Waals surface area contributed by atoms with Gasteiger partial charge < -0.3 is 10.7 Å². The summed E-state index contributed by atoms with van der Waals surface area (Å²) in [6.07, 6.45) is 2.36. The van der Waals surface area contributed by atoms with Crippen LogP contribution in [0.2, 0.25) is 0 Å². The standard InChI is InChI=1S/C12H14N4OS/c13-16-9-3-4-11(15-8-9)12(17)14-6-5-10-2-1-7-18-10/h1-4,7-8,16H,5-6,13H2,(H,14,17). The van der Waals surface area contributed by atoms with Crippen LogP contribution in [0.15, 0.2) is 35.8 Å². The fraction of sp³-hybridized carbons (Fsp3) is 0.167. The van der Waals surface area contributed by atoms with E-state index in [-0.39, 0.29) is 5.91 Å². The molecule has 0 unspecified atom stereocenters. The maximum Gasteiger partial charge on any atom is 0.269 e. The fourth-order valence-corrected chi connectivity index (χ4v) is 2.17. The molecular weight excluding hydrogens is 248 g/mol. The first-order valence-corrected chi connectivity index (χ1v) is 6.41. The average Bonchev–Trinajstić information content (AvgIpc) is 2.92. The number of amides is 1. The number of nitrogens with one attached hydrogen (secondary N) is 2. The maximum absolute atomic E-state index is 11.8. The minimum Gasteiger partial charge on any atom is -0.350 e. The number of hydrogen-bond acceptors (Lipinski definition) is 5. The lowest BCUT2D eigenvalue weighted by Crippen LogP contribution is -2.26. The molecule has 0 radical (unpaired) electrons. The number of anilines is 1. The molecule has 0 aliphatic rings. The second-order valence-corrected chi connectivity index (χ2v) is 4.69. The molecule has 0 saturated heterocycles. The lowest BCUT2D eigenvalue weighted by molar-refractivity contribution is 0.0949. The normalized spacial score (nSPS) is 10.1. The summed E-state index contributed by atoms with van der Waals surface area (Å²) < 4.78 is 0. The first kappa shape index (κ1) is 12.5. The van der Waals surface area contributed by atoms with E-state index < -0.39 is 0 Å². The van der Waals surface area contributed by atoms with Gasteiger partial charge in [0.2, 0.25) is 0 Å². The summed E-state index contributed by atoms with van der Waals surface area (Å²) in [5.74, 6) is 5.05. The summed E-state index contributed by atoms with van der Waals surface area (Å²) in [5, 5.41) is 4.85. The second-order valence-electron chi connectivity index (χ2n) is 3.66. The fourth-order valence-electron chi connectivity index (χ4n) is 1.46. The number of rotatable bonds is 5. The van der Waals surface area contributed by atoms with Crippen LogP contribution in [0.25, 0.3) is 0 Å². The van der Waals surface area contributed by atoms with E-state index in [1.807, 2.05) is 11.4 Å². The Morgan fingerprint density at radius 1 is 1.39 bits per heavy atom. The van der Waals surface area contributed by atoms with E-state index in [1.54, 1.807) is 23.5 Å². The number of carbonyl (C=O) groups is 1. The highest BCUT2D eigenvalue weighted by Gasteiger charge is 2.06. The third-order valence-corrected chi connectivity index (χ3v) is 3.34. The van der Waals surface area contributed by atoms with Gasteiger partial charge in [0.1, 0.15) is 5.69 Å². The van der Waals surface area contributed by atoms with Crippen LogP contribution in [0.4, 0.5) is 5.69 Å². The molecule has 2 aromatic heterocycles. The number of hydrazine groups is 1. The molecule has 0 aliphatic heterocycles. The van der Waals surface area contributed by atoms with Crippen LogP contribution in [-0.2, 0) is 6.42 Å². The van der Waals surface area contributed by atoms with E-state index in [0.29, 0.717) is 17.9 Å². The van der Waals surface area contributed by atoms with E-state index in [4.69, 9.17) is 5.84 Å². The van der Waals surface area contributed by atoms with Crippen molar-refractivity contribution in [3.8, 4) is 0 Å². The van der Waals surface area contributed by atoms with Gasteiger partial charge in [-0.1, -0.05) is 6.07 Å². The Kier molecular flexibility index (Phi) is 4.27. The minimum absolute atomic E-state index is 0.171. The highest BCUT2D eigenvalue weighted by molar-refractivity contribution is 7.09. The van der Waals surface area contributed by atoms with E-state index >= 15 is 0 Å². The van der Waals surface area contributed by atoms with Gasteiger partial charge >= 0.3 is 0 Å². The number of carbonyl (C=O) groups excluding carboxylic acids is 1. The highest BCUT2D eigenvalue weighted by Crippen LogP contribution is 2.08. The zero-order valence-corrected chi connectivity index (χ0v) is 10.5. The Bertz CT molecular complexity index is 495. The van der Waals surface area contributed by atoms with Gasteiger partial charge in [0.05, 0.1) is 11.9 Å². The van der Waals surface area contributed by atoms with Crippen LogP contribution in [0.3, 0.4) is 0 Å². The van der Waals surface area contributed by atoms with Crippen molar-refractivity contribution in [3.63, 3.8) is 0 Å². The largest absolute Gasteiger partial charge is 0.350 e. The molecule has 0 bridgehead atoms. The molecule has 0 aromatic carbocycles. The lowest BCUT2D eigenvalue weighted by atomic mass is 10.3. The predicted octanol–water partition coefficient (Wildman–Crippen LogP) is 1.40. The summed E-state index contributed by atoms with van der Waals surface area (Å²) in [5.41, 5.74) is 3.52. The van der Waals surface area contributed by atoms with E-state index in [0.717, 1.165) is 6.42 Å². The number of thiophene rings is 1. The van der Waals surface area contributed by atoms with Gasteiger partial charge in [-0.3, -0.25) is 10.6 Å². The lowest BCUT2D eigenvalue weighted by Gasteiger charge is -2.04. The van der Waals surface area contributed by atoms with Crippen LogP contribution in [0.1, 0.15) is 15.4 Å². The molecule has 0 saturated carbocycles. The molecule has 0 spiro atoms. The van der Waals surface area contributed by atoms with Gasteiger partial charge in [-0.15, -0.1) is 11.3 Å². The number of nitrogens with zero attached hydrogens (tertiary/aromatic N) is 1. The summed E-state index contributed by atoms with van der Waals surface area (Å²) in [4.78, 5) is 17.0. The number of hydrogen-bond donors (Lipinski definition) is 3. The van der Waals surface area contributed by atoms with E-state index in [9.17, 15) is 4.79 Å². The third kappa shape index (κ3) is 3.28. The Morgan fingerprint density at radius 2 is 2.28 bits per heavy atom. The number of aromatic nitrogens is 1. The molecule has 94 valence electrons. The van der Waals surface area contributed by atoms with Gasteiger partial charge in [-0.25, -0.2) is 4.98 Å².